The van der Waals surface area contributed by atoms with Gasteiger partial charge in [0.25, 0.3) is 0 Å². The number of fused-ring (bicyclic) bond motifs is 1. The Morgan fingerprint density at radius 2 is 1.65 bits per heavy atom. The van der Waals surface area contributed by atoms with Crippen LogP contribution in [0.25, 0.3) is 11.2 Å². The summed E-state index contributed by atoms with van der Waals surface area (Å²) in [6, 6.07) is 11.5. The summed E-state index contributed by atoms with van der Waals surface area (Å²) < 4.78 is 9.06. The number of amides is 2. The maximum Gasteiger partial charge on any atom is 0.330 e. The smallest absolute Gasteiger partial charge is 0.330 e. The van der Waals surface area contributed by atoms with E-state index in [1.165, 1.54) is 5.56 Å². The van der Waals surface area contributed by atoms with Crippen LogP contribution in [0.15, 0.2) is 41.2 Å². The third-order valence-electron chi connectivity index (χ3n) is 6.75. The van der Waals surface area contributed by atoms with Gasteiger partial charge < -0.3 is 15.0 Å². The molecule has 2 amide bonds. The Morgan fingerprint density at radius 3 is 2.32 bits per heavy atom. The first-order valence-corrected chi connectivity index (χ1v) is 13.0. The van der Waals surface area contributed by atoms with Crippen LogP contribution in [0.3, 0.4) is 0 Å². The fourth-order valence-corrected chi connectivity index (χ4v) is 4.58. The first-order valence-electron chi connectivity index (χ1n) is 13.0. The molecule has 3 heterocycles. The number of hydrogen-bond donors (Lipinski definition) is 1. The van der Waals surface area contributed by atoms with Crippen LogP contribution in [0.2, 0.25) is 0 Å². The molecule has 1 aromatic carbocycles. The molecule has 0 bridgehead atoms. The summed E-state index contributed by atoms with van der Waals surface area (Å²) in [5, 5.41) is 2.77. The second-order valence-electron chi connectivity index (χ2n) is 9.24. The minimum atomic E-state index is -0.271. The molecule has 3 aromatic rings. The van der Waals surface area contributed by atoms with Crippen molar-refractivity contribution < 1.29 is 14.3 Å². The summed E-state index contributed by atoms with van der Waals surface area (Å²) >= 11 is 0. The third-order valence-corrected chi connectivity index (χ3v) is 6.75. The molecule has 1 fully saturated rings. The highest BCUT2D eigenvalue weighted by atomic mass is 16.5. The van der Waals surface area contributed by atoms with E-state index in [9.17, 15) is 14.4 Å². The van der Waals surface area contributed by atoms with E-state index >= 15 is 0 Å². The predicted octanol–water partition coefficient (Wildman–Crippen LogP) is 2.49. The van der Waals surface area contributed by atoms with Crippen molar-refractivity contribution in [1.82, 2.24) is 23.9 Å². The fraction of sp³-hybridized carbons (Fsp3) is 0.481. The van der Waals surface area contributed by atoms with E-state index in [0.29, 0.717) is 44.3 Å². The van der Waals surface area contributed by atoms with Gasteiger partial charge in [-0.2, -0.15) is 0 Å². The molecular formula is C27H36N6O4. The number of carbonyl (C=O) groups excluding carboxylic acids is 2. The number of aromatic nitrogens is 3. The topological polar surface area (TPSA) is 102 Å². The van der Waals surface area contributed by atoms with Crippen LogP contribution in [0.4, 0.5) is 5.82 Å². The first-order chi connectivity index (χ1) is 17.9. The van der Waals surface area contributed by atoms with Crippen molar-refractivity contribution in [3.8, 4) is 5.75 Å². The van der Waals surface area contributed by atoms with Gasteiger partial charge in [0.15, 0.2) is 5.65 Å². The van der Waals surface area contributed by atoms with Crippen molar-refractivity contribution in [3.05, 3.63) is 52.4 Å². The monoisotopic (exact) mass is 508 g/mol. The minimum absolute atomic E-state index is 0.0195. The normalized spacial score (nSPS) is 14.2. The maximum atomic E-state index is 12.7. The van der Waals surface area contributed by atoms with Crippen molar-refractivity contribution in [2.45, 2.75) is 46.7 Å². The molecule has 0 unspecified atom stereocenters. The second kappa shape index (κ2) is 12.1. The average molecular weight is 509 g/mol. The third kappa shape index (κ3) is 6.37. The molecule has 4 rings (SSSR count). The Bertz CT molecular complexity index is 1290. The molecule has 1 aliphatic rings. The van der Waals surface area contributed by atoms with E-state index in [1.54, 1.807) is 21.3 Å². The maximum absolute atomic E-state index is 12.7. The van der Waals surface area contributed by atoms with E-state index in [0.717, 1.165) is 30.9 Å². The second-order valence-corrected chi connectivity index (χ2v) is 9.24. The van der Waals surface area contributed by atoms with E-state index in [2.05, 4.69) is 15.2 Å². The van der Waals surface area contributed by atoms with Crippen molar-refractivity contribution >= 4 is 28.8 Å². The lowest BCUT2D eigenvalue weighted by Crippen LogP contribution is -2.49. The summed E-state index contributed by atoms with van der Waals surface area (Å²) in [6.45, 7) is 11.2. The van der Waals surface area contributed by atoms with Crippen LogP contribution in [-0.4, -0.2) is 75.1 Å². The van der Waals surface area contributed by atoms with Crippen LogP contribution in [0, 0.1) is 6.92 Å². The highest BCUT2D eigenvalue weighted by Crippen LogP contribution is 2.16. The Balaban J connectivity index is 1.20. The van der Waals surface area contributed by atoms with E-state index in [4.69, 9.17) is 4.74 Å². The Hall–Kier alpha value is -3.66. The minimum Gasteiger partial charge on any atom is -0.492 e. The number of nitrogens with one attached hydrogen (secondary N) is 1. The number of pyridine rings is 1. The van der Waals surface area contributed by atoms with Gasteiger partial charge in [-0.25, -0.2) is 9.78 Å². The lowest BCUT2D eigenvalue weighted by atomic mass is 10.2. The molecule has 0 aliphatic carbocycles. The van der Waals surface area contributed by atoms with Crippen LogP contribution in [0.1, 0.15) is 32.3 Å². The molecule has 0 saturated carbocycles. The number of carbonyl (C=O) groups is 2. The lowest BCUT2D eigenvalue weighted by molar-refractivity contribution is -0.134. The van der Waals surface area contributed by atoms with Gasteiger partial charge in [0.1, 0.15) is 18.2 Å². The summed E-state index contributed by atoms with van der Waals surface area (Å²) in [6.07, 6.45) is 0.232. The molecule has 10 nitrogen and oxygen atoms in total. The van der Waals surface area contributed by atoms with E-state index < -0.39 is 0 Å². The van der Waals surface area contributed by atoms with Crippen LogP contribution in [0.5, 0.6) is 5.75 Å². The molecule has 37 heavy (non-hydrogen) atoms. The number of rotatable bonds is 10. The zero-order valence-corrected chi connectivity index (χ0v) is 21.9. The number of hydrogen-bond acceptors (Lipinski definition) is 6. The number of piperazine rings is 1. The van der Waals surface area contributed by atoms with Crippen molar-refractivity contribution in [1.29, 1.82) is 0 Å². The van der Waals surface area contributed by atoms with Crippen molar-refractivity contribution in [2.24, 2.45) is 0 Å². The lowest BCUT2D eigenvalue weighted by Gasteiger charge is -2.34. The zero-order chi connectivity index (χ0) is 26.4. The van der Waals surface area contributed by atoms with E-state index in [-0.39, 0.29) is 30.3 Å². The largest absolute Gasteiger partial charge is 0.492 e. The number of aryl methyl sites for hydroxylation is 3. The van der Waals surface area contributed by atoms with Crippen molar-refractivity contribution in [2.75, 3.05) is 44.6 Å². The van der Waals surface area contributed by atoms with Gasteiger partial charge in [0.05, 0.1) is 5.52 Å². The summed E-state index contributed by atoms with van der Waals surface area (Å²) in [5.41, 5.74) is 2.38. The molecule has 0 spiro atoms. The van der Waals surface area contributed by atoms with Gasteiger partial charge in [-0.05, 0) is 45.0 Å². The highest BCUT2D eigenvalue weighted by Gasteiger charge is 2.22. The van der Waals surface area contributed by atoms with Gasteiger partial charge in [-0.3, -0.25) is 23.6 Å². The molecule has 198 valence electrons. The molecule has 0 radical (unpaired) electrons. The van der Waals surface area contributed by atoms with Gasteiger partial charge in [-0.1, -0.05) is 17.7 Å². The first kappa shape index (κ1) is 26.4. The Labute approximate surface area is 216 Å². The van der Waals surface area contributed by atoms with E-state index in [1.807, 2.05) is 49.9 Å². The Kier molecular flexibility index (Phi) is 8.60. The fourth-order valence-electron chi connectivity index (χ4n) is 4.58. The molecule has 1 saturated heterocycles. The predicted molar refractivity (Wildman–Crippen MR) is 143 cm³/mol. The number of nitrogens with zero attached hydrogens (tertiary/aromatic N) is 5. The standard InChI is InChI=1S/C27H36N6O4/c1-4-32-22-10-11-23(29-26(22)33(5-2)27(32)36)28-24(34)12-13-25(35)31-16-14-30(15-17-31)18-19-37-21-8-6-20(3)7-9-21/h6-11H,4-5,12-19H2,1-3H3,(H,28,29,34). The number of benzene rings is 1. The van der Waals surface area contributed by atoms with Crippen LogP contribution < -0.4 is 15.7 Å². The quantitative estimate of drug-likeness (QED) is 0.452. The molecule has 2 aromatic heterocycles. The number of anilines is 1. The van der Waals surface area contributed by atoms with Gasteiger partial charge >= 0.3 is 5.69 Å². The highest BCUT2D eigenvalue weighted by molar-refractivity contribution is 5.93. The SMILES string of the molecule is CCn1c(=O)n(CC)c2nc(NC(=O)CCC(=O)N3CCN(CCOc4ccc(C)cc4)CC3)ccc21. The van der Waals surface area contributed by atoms with Gasteiger partial charge in [0, 0.05) is 58.7 Å². The Morgan fingerprint density at radius 1 is 0.946 bits per heavy atom. The molecule has 1 aliphatic heterocycles. The van der Waals surface area contributed by atoms with Crippen LogP contribution in [-0.2, 0) is 22.7 Å². The van der Waals surface area contributed by atoms with Gasteiger partial charge in [0.2, 0.25) is 11.8 Å². The molecule has 10 heteroatoms. The summed E-state index contributed by atoms with van der Waals surface area (Å²) in [5.74, 6) is 0.954. The molecule has 1 N–H and O–H groups in total. The van der Waals surface area contributed by atoms with Crippen molar-refractivity contribution in [3.63, 3.8) is 0 Å². The zero-order valence-electron chi connectivity index (χ0n) is 21.9. The van der Waals surface area contributed by atoms with Gasteiger partial charge in [-0.15, -0.1) is 0 Å². The average Bonchev–Trinajstić information content (AvgIpc) is 3.18. The number of imidazole rings is 1. The summed E-state index contributed by atoms with van der Waals surface area (Å²) in [7, 11) is 0. The van der Waals surface area contributed by atoms with Crippen LogP contribution >= 0.6 is 0 Å². The summed E-state index contributed by atoms with van der Waals surface area (Å²) in [4.78, 5) is 46.3. The molecular weight excluding hydrogens is 472 g/mol. The molecule has 0 atom stereocenters. The number of ether oxygens (including phenoxy) is 1.